The van der Waals surface area contributed by atoms with Gasteiger partial charge in [0.05, 0.1) is 11.1 Å². The molecule has 0 aliphatic rings. The first-order valence-electron chi connectivity index (χ1n) is 7.18. The van der Waals surface area contributed by atoms with Crippen LogP contribution in [0.5, 0.6) is 0 Å². The molecule has 0 fully saturated rings. The number of fused-ring (bicyclic) bond motifs is 1. The Morgan fingerprint density at radius 3 is 1.96 bits per heavy atom. The molecule has 0 spiro atoms. The largest absolute Gasteiger partial charge is 0.478 e. The smallest absolute Gasteiger partial charge is 0.354 e. The lowest BCUT2D eigenvalue weighted by molar-refractivity contribution is 0.0694. The number of carbonyl (C=O) groups is 2. The van der Waals surface area contributed by atoms with E-state index in [-0.39, 0.29) is 16.0 Å². The third-order valence-corrected chi connectivity index (χ3v) is 4.76. The van der Waals surface area contributed by atoms with Crippen LogP contribution in [0.25, 0.3) is 10.8 Å². The van der Waals surface area contributed by atoms with Gasteiger partial charge in [0.25, 0.3) is 0 Å². The van der Waals surface area contributed by atoms with Crippen molar-refractivity contribution in [2.75, 3.05) is 0 Å². The summed E-state index contributed by atoms with van der Waals surface area (Å²) >= 11 is 0. The molecule has 3 aromatic rings. The molecule has 0 radical (unpaired) electrons. The minimum Gasteiger partial charge on any atom is -0.478 e. The van der Waals surface area contributed by atoms with Crippen LogP contribution >= 0.6 is 0 Å². The van der Waals surface area contributed by atoms with Gasteiger partial charge in [0.15, 0.2) is 0 Å². The lowest BCUT2D eigenvalue weighted by Crippen LogP contribution is -2.13. The monoisotopic (exact) mass is 356 g/mol. The normalized spacial score (nSPS) is 11.2. The van der Waals surface area contributed by atoms with Gasteiger partial charge in [0, 0.05) is 0 Å². The zero-order chi connectivity index (χ0) is 18.0. The zero-order valence-electron chi connectivity index (χ0n) is 12.7. The second kappa shape index (κ2) is 6.37. The van der Waals surface area contributed by atoms with Gasteiger partial charge in [-0.15, -0.1) is 0 Å². The average molecular weight is 356 g/mol. The third kappa shape index (κ3) is 3.51. The molecule has 7 heteroatoms. The van der Waals surface area contributed by atoms with Crippen LogP contribution in [0.3, 0.4) is 0 Å². The van der Waals surface area contributed by atoms with Gasteiger partial charge >= 0.3 is 22.1 Å². The molecule has 6 nitrogen and oxygen atoms in total. The van der Waals surface area contributed by atoms with E-state index in [0.29, 0.717) is 10.8 Å². The summed E-state index contributed by atoms with van der Waals surface area (Å²) in [7, 11) is -4.21. The molecule has 0 atom stereocenters. The van der Waals surface area contributed by atoms with E-state index in [1.165, 1.54) is 54.6 Å². The first-order chi connectivity index (χ1) is 11.9. The lowest BCUT2D eigenvalue weighted by Gasteiger charge is -2.07. The van der Waals surface area contributed by atoms with E-state index in [9.17, 15) is 18.0 Å². The maximum Gasteiger partial charge on any atom is 0.354 e. The van der Waals surface area contributed by atoms with Crippen LogP contribution in [-0.4, -0.2) is 25.5 Å². The topological polar surface area (TPSA) is 97.7 Å². The Bertz CT molecular complexity index is 1070. The summed E-state index contributed by atoms with van der Waals surface area (Å²) in [5, 5.41) is 10.2. The van der Waals surface area contributed by atoms with E-state index < -0.39 is 22.1 Å². The quantitative estimate of drug-likeness (QED) is 0.722. The van der Waals surface area contributed by atoms with Crippen LogP contribution in [0.1, 0.15) is 20.7 Å². The highest BCUT2D eigenvalue weighted by Crippen LogP contribution is 2.20. The maximum atomic E-state index is 12.2. The second-order valence-electron chi connectivity index (χ2n) is 5.22. The first kappa shape index (κ1) is 16.7. The number of rotatable bonds is 4. The lowest BCUT2D eigenvalue weighted by atomic mass is 10.0. The Morgan fingerprint density at radius 2 is 1.36 bits per heavy atom. The number of carboxylic acids is 1. The van der Waals surface area contributed by atoms with Crippen molar-refractivity contribution in [1.29, 1.82) is 0 Å². The minimum atomic E-state index is -4.21. The summed E-state index contributed by atoms with van der Waals surface area (Å²) in [4.78, 5) is 23.0. The van der Waals surface area contributed by atoms with Crippen LogP contribution in [0.15, 0.2) is 71.6 Å². The van der Waals surface area contributed by atoms with Crippen LogP contribution in [0.4, 0.5) is 0 Å². The standard InChI is InChI=1S/C18H12O6S/c19-17(20)14-8-6-13-11-15(9-7-12(13)10-14)18(21)24-25(22,23)16-4-2-1-3-5-16/h1-11H,(H,19,20). The second-order valence-corrected chi connectivity index (χ2v) is 6.77. The first-order valence-corrected chi connectivity index (χ1v) is 8.59. The van der Waals surface area contributed by atoms with Gasteiger partial charge < -0.3 is 9.29 Å². The van der Waals surface area contributed by atoms with E-state index in [0.717, 1.165) is 0 Å². The molecule has 0 amide bonds. The van der Waals surface area contributed by atoms with Crippen molar-refractivity contribution in [2.45, 2.75) is 4.90 Å². The summed E-state index contributed by atoms with van der Waals surface area (Å²) in [5.41, 5.74) is 0.171. The average Bonchev–Trinajstić information content (AvgIpc) is 2.61. The Labute approximate surface area is 143 Å². The number of hydrogen-bond acceptors (Lipinski definition) is 5. The van der Waals surface area contributed by atoms with Crippen LogP contribution in [0.2, 0.25) is 0 Å². The van der Waals surface area contributed by atoms with Crippen LogP contribution < -0.4 is 0 Å². The highest BCUT2D eigenvalue weighted by atomic mass is 32.2. The van der Waals surface area contributed by atoms with Crippen LogP contribution in [-0.2, 0) is 14.3 Å². The van der Waals surface area contributed by atoms with Crippen molar-refractivity contribution in [1.82, 2.24) is 0 Å². The van der Waals surface area contributed by atoms with Crippen LogP contribution in [0, 0.1) is 0 Å². The fourth-order valence-corrected chi connectivity index (χ4v) is 3.17. The zero-order valence-corrected chi connectivity index (χ0v) is 13.6. The molecule has 0 saturated carbocycles. The predicted molar refractivity (Wildman–Crippen MR) is 90.0 cm³/mol. The molecular formula is C18H12O6S. The third-order valence-electron chi connectivity index (χ3n) is 3.54. The Balaban J connectivity index is 1.90. The Morgan fingerprint density at radius 1 is 0.800 bits per heavy atom. The fourth-order valence-electron chi connectivity index (χ4n) is 2.29. The molecule has 0 unspecified atom stereocenters. The van der Waals surface area contributed by atoms with Crippen molar-refractivity contribution in [3.8, 4) is 0 Å². The van der Waals surface area contributed by atoms with Crippen molar-refractivity contribution >= 4 is 32.8 Å². The van der Waals surface area contributed by atoms with Gasteiger partial charge in [-0.25, -0.2) is 9.59 Å². The fraction of sp³-hybridized carbons (Fsp3) is 0. The van der Waals surface area contributed by atoms with E-state index in [1.807, 2.05) is 0 Å². The van der Waals surface area contributed by atoms with Gasteiger partial charge in [-0.1, -0.05) is 30.3 Å². The molecule has 0 aliphatic heterocycles. The molecular weight excluding hydrogens is 344 g/mol. The Kier molecular flexibility index (Phi) is 4.24. The van der Waals surface area contributed by atoms with Crippen molar-refractivity contribution in [3.63, 3.8) is 0 Å². The molecule has 3 aromatic carbocycles. The summed E-state index contributed by atoms with van der Waals surface area (Å²) < 4.78 is 28.8. The van der Waals surface area contributed by atoms with Gasteiger partial charge in [0.1, 0.15) is 4.90 Å². The number of benzene rings is 3. The molecule has 0 saturated heterocycles. The molecule has 3 rings (SSSR count). The molecule has 0 bridgehead atoms. The van der Waals surface area contributed by atoms with E-state index in [1.54, 1.807) is 12.1 Å². The highest BCUT2D eigenvalue weighted by Gasteiger charge is 2.21. The van der Waals surface area contributed by atoms with Crippen molar-refractivity contribution in [3.05, 3.63) is 77.9 Å². The minimum absolute atomic E-state index is 0.0510. The SMILES string of the molecule is O=C(O)c1ccc2cc(C(=O)OS(=O)(=O)c3ccccc3)ccc2c1. The van der Waals surface area contributed by atoms with E-state index >= 15 is 0 Å². The maximum absolute atomic E-state index is 12.2. The number of aromatic carboxylic acids is 1. The summed E-state index contributed by atoms with van der Waals surface area (Å²) in [6.07, 6.45) is 0. The van der Waals surface area contributed by atoms with Gasteiger partial charge in [-0.3, -0.25) is 0 Å². The molecule has 0 aromatic heterocycles. The van der Waals surface area contributed by atoms with Gasteiger partial charge in [-0.05, 0) is 47.2 Å². The molecule has 0 heterocycles. The van der Waals surface area contributed by atoms with Crippen molar-refractivity contribution < 1.29 is 27.3 Å². The molecule has 0 aliphatic carbocycles. The summed E-state index contributed by atoms with van der Waals surface area (Å²) in [5.74, 6) is -2.06. The number of hydrogen-bond donors (Lipinski definition) is 1. The summed E-state index contributed by atoms with van der Waals surface area (Å²) in [6, 6.07) is 16.1. The van der Waals surface area contributed by atoms with Crippen molar-refractivity contribution in [2.24, 2.45) is 0 Å². The highest BCUT2D eigenvalue weighted by molar-refractivity contribution is 7.87. The molecule has 25 heavy (non-hydrogen) atoms. The molecule has 126 valence electrons. The number of carboxylic acid groups (broad SMARTS) is 1. The predicted octanol–water partition coefficient (Wildman–Crippen LogP) is 3.08. The number of carbonyl (C=O) groups excluding carboxylic acids is 1. The summed E-state index contributed by atoms with van der Waals surface area (Å²) in [6.45, 7) is 0. The van der Waals surface area contributed by atoms with E-state index in [2.05, 4.69) is 4.18 Å². The molecule has 1 N–H and O–H groups in total. The Hall–Kier alpha value is -3.19. The van der Waals surface area contributed by atoms with E-state index in [4.69, 9.17) is 5.11 Å². The van der Waals surface area contributed by atoms with Gasteiger partial charge in [-0.2, -0.15) is 8.42 Å². The van der Waals surface area contributed by atoms with Gasteiger partial charge in [0.2, 0.25) is 0 Å².